The first-order valence-corrected chi connectivity index (χ1v) is 5.56. The largest absolute Gasteiger partial charge is 4.00 e. The fourth-order valence-corrected chi connectivity index (χ4v) is 1.22. The molecule has 2 rings (SSSR count). The normalized spacial score (nSPS) is 7.71. The number of benzene rings is 2. The van der Waals surface area contributed by atoms with Gasteiger partial charge < -0.3 is 24.4 Å². The second kappa shape index (κ2) is 13.5. The molecule has 0 radical (unpaired) electrons. The van der Waals surface area contributed by atoms with Crippen LogP contribution in [0.1, 0.15) is 34.6 Å². The van der Waals surface area contributed by atoms with E-state index >= 15 is 0 Å². The van der Waals surface area contributed by atoms with Crippen molar-refractivity contribution >= 4 is 11.6 Å². The summed E-state index contributed by atoms with van der Waals surface area (Å²) in [5.41, 5.74) is 1.30. The molecule has 0 unspecified atom stereocenters. The molecule has 0 aliphatic carbocycles. The van der Waals surface area contributed by atoms with Crippen molar-refractivity contribution in [1.82, 2.24) is 0 Å². The van der Waals surface area contributed by atoms with Gasteiger partial charge in [-0.1, -0.05) is 0 Å². The number of Topliss-reactive ketones (excluding diaryl/α,β-unsaturated/α-hetero) is 2. The first kappa shape index (κ1) is 24.5. The van der Waals surface area contributed by atoms with Gasteiger partial charge in [-0.2, -0.15) is 0 Å². The molecule has 0 saturated heterocycles. The van der Waals surface area contributed by atoms with Crippen LogP contribution >= 0.6 is 0 Å². The van der Waals surface area contributed by atoms with Crippen molar-refractivity contribution in [3.8, 4) is 0 Å². The molecule has 0 bridgehead atoms. The summed E-state index contributed by atoms with van der Waals surface area (Å²) in [6.45, 7) is 3.07. The van der Waals surface area contributed by atoms with Gasteiger partial charge in [-0.15, -0.1) is 71.8 Å². The standard InChI is InChI=1S/2C8H7O.2CH3.Ti/c2*1-7(9)8-5-3-2-4-6-8;;;/h2*2-5H,1H3;2*1H3;/q4*-1;+4. The van der Waals surface area contributed by atoms with E-state index < -0.39 is 0 Å². The maximum atomic E-state index is 10.6. The minimum absolute atomic E-state index is 0. The summed E-state index contributed by atoms with van der Waals surface area (Å²) < 4.78 is 0. The van der Waals surface area contributed by atoms with Crippen molar-refractivity contribution in [2.24, 2.45) is 0 Å². The van der Waals surface area contributed by atoms with Crippen molar-refractivity contribution < 1.29 is 31.3 Å². The van der Waals surface area contributed by atoms with Crippen LogP contribution in [0.2, 0.25) is 0 Å². The number of carbonyl (C=O) groups excluding carboxylic acids is 2. The molecule has 0 spiro atoms. The van der Waals surface area contributed by atoms with E-state index in [1.165, 1.54) is 13.8 Å². The fraction of sp³-hybridized carbons (Fsp3) is 0.111. The van der Waals surface area contributed by atoms with Crippen LogP contribution in [0.15, 0.2) is 48.5 Å². The van der Waals surface area contributed by atoms with Crippen molar-refractivity contribution in [3.63, 3.8) is 0 Å². The van der Waals surface area contributed by atoms with Crippen LogP contribution in [0.3, 0.4) is 0 Å². The Bertz CT molecular complexity index is 458. The average molecular weight is 316 g/mol. The minimum Gasteiger partial charge on any atom is -0.358 e. The van der Waals surface area contributed by atoms with Crippen molar-refractivity contribution in [2.45, 2.75) is 13.8 Å². The Morgan fingerprint density at radius 1 is 0.762 bits per heavy atom. The van der Waals surface area contributed by atoms with Gasteiger partial charge in [0, 0.05) is 0 Å². The summed E-state index contributed by atoms with van der Waals surface area (Å²) in [5, 5.41) is 0. The molecule has 0 atom stereocenters. The molecule has 0 aromatic heterocycles. The van der Waals surface area contributed by atoms with Crippen LogP contribution in [0.25, 0.3) is 0 Å². The van der Waals surface area contributed by atoms with E-state index in [-0.39, 0.29) is 48.1 Å². The third-order valence-electron chi connectivity index (χ3n) is 2.18. The molecule has 3 heteroatoms. The van der Waals surface area contributed by atoms with Gasteiger partial charge in [0.1, 0.15) is 0 Å². The van der Waals surface area contributed by atoms with Gasteiger partial charge in [-0.05, 0) is 13.8 Å². The Balaban J connectivity index is -0.000000270. The quantitative estimate of drug-likeness (QED) is 0.471. The molecule has 2 nitrogen and oxygen atoms in total. The molecule has 21 heavy (non-hydrogen) atoms. The smallest absolute Gasteiger partial charge is 0.358 e. The third kappa shape index (κ3) is 9.94. The summed E-state index contributed by atoms with van der Waals surface area (Å²) >= 11 is 0. The zero-order chi connectivity index (χ0) is 13.4. The Labute approximate surface area is 143 Å². The van der Waals surface area contributed by atoms with Crippen molar-refractivity contribution in [3.05, 3.63) is 86.6 Å². The molecule has 0 fully saturated rings. The third-order valence-corrected chi connectivity index (χ3v) is 2.18. The van der Waals surface area contributed by atoms with Crippen LogP contribution in [-0.2, 0) is 21.7 Å². The summed E-state index contributed by atoms with van der Waals surface area (Å²) in [5.74, 6) is 0.131. The number of hydrogen-bond donors (Lipinski definition) is 0. The van der Waals surface area contributed by atoms with Gasteiger partial charge in [-0.3, -0.25) is 0 Å². The van der Waals surface area contributed by atoms with Crippen molar-refractivity contribution in [2.75, 3.05) is 0 Å². The second-order valence-corrected chi connectivity index (χ2v) is 3.66. The number of carbonyl (C=O) groups is 2. The topological polar surface area (TPSA) is 34.1 Å². The van der Waals surface area contributed by atoms with E-state index in [1.807, 2.05) is 24.3 Å². The monoisotopic (exact) mass is 316 g/mol. The first-order valence-electron chi connectivity index (χ1n) is 5.56. The van der Waals surface area contributed by atoms with Crippen LogP contribution in [0.5, 0.6) is 0 Å². The molecule has 2 aromatic carbocycles. The van der Waals surface area contributed by atoms with Crippen molar-refractivity contribution in [1.29, 1.82) is 0 Å². The molecule has 0 heterocycles. The predicted molar refractivity (Wildman–Crippen MR) is 83.4 cm³/mol. The number of rotatable bonds is 2. The van der Waals surface area contributed by atoms with Crippen LogP contribution in [0, 0.1) is 27.0 Å². The van der Waals surface area contributed by atoms with E-state index in [4.69, 9.17) is 0 Å². The summed E-state index contributed by atoms with van der Waals surface area (Å²) in [6.07, 6.45) is 0. The summed E-state index contributed by atoms with van der Waals surface area (Å²) in [6, 6.07) is 19.9. The maximum Gasteiger partial charge on any atom is 4.00 e. The minimum atomic E-state index is 0. The molecule has 108 valence electrons. The predicted octanol–water partition coefficient (Wildman–Crippen LogP) is 4.28. The van der Waals surface area contributed by atoms with Crippen LogP contribution in [0.4, 0.5) is 0 Å². The Kier molecular flexibility index (Phi) is 15.7. The zero-order valence-electron chi connectivity index (χ0n) is 12.9. The van der Waals surface area contributed by atoms with Gasteiger partial charge in [0.25, 0.3) is 0 Å². The average Bonchev–Trinajstić information content (AvgIpc) is 2.41. The molecule has 0 aliphatic heterocycles. The first-order chi connectivity index (χ1) is 8.61. The second-order valence-electron chi connectivity index (χ2n) is 3.66. The molecule has 0 aliphatic rings. The van der Waals surface area contributed by atoms with Gasteiger partial charge in [0.05, 0.1) is 11.6 Å². The summed E-state index contributed by atoms with van der Waals surface area (Å²) in [4.78, 5) is 21.2. The Morgan fingerprint density at radius 3 is 1.24 bits per heavy atom. The van der Waals surface area contributed by atoms with E-state index in [0.29, 0.717) is 11.1 Å². The Hall–Kier alpha value is -1.51. The van der Waals surface area contributed by atoms with E-state index in [1.54, 1.807) is 24.3 Å². The van der Waals surface area contributed by atoms with E-state index in [2.05, 4.69) is 12.1 Å². The fourth-order valence-electron chi connectivity index (χ4n) is 1.22. The van der Waals surface area contributed by atoms with Gasteiger partial charge >= 0.3 is 21.7 Å². The number of ketones is 2. The molecule has 2 aromatic rings. The zero-order valence-corrected chi connectivity index (χ0v) is 14.5. The van der Waals surface area contributed by atoms with E-state index in [9.17, 15) is 9.59 Å². The summed E-state index contributed by atoms with van der Waals surface area (Å²) in [7, 11) is 0. The van der Waals surface area contributed by atoms with Gasteiger partial charge in [-0.25, -0.2) is 0 Å². The SMILES string of the molecule is CC(=O)c1[c-]cccc1.CC(=O)c1[c-]cccc1.[CH3-].[CH3-].[Ti+4]. The maximum absolute atomic E-state index is 10.6. The van der Waals surface area contributed by atoms with Crippen LogP contribution in [-0.4, -0.2) is 11.6 Å². The van der Waals surface area contributed by atoms with Gasteiger partial charge in [0.15, 0.2) is 0 Å². The number of hydrogen-bond acceptors (Lipinski definition) is 2. The molecular weight excluding hydrogens is 296 g/mol. The molecule has 0 N–H and O–H groups in total. The Morgan fingerprint density at radius 2 is 1.10 bits per heavy atom. The molecule has 0 saturated carbocycles. The van der Waals surface area contributed by atoms with E-state index in [0.717, 1.165) is 0 Å². The molecular formula is C18H20O2Ti. The molecule has 0 amide bonds. The van der Waals surface area contributed by atoms with Gasteiger partial charge in [0.2, 0.25) is 0 Å². The van der Waals surface area contributed by atoms with Crippen LogP contribution < -0.4 is 0 Å².